The molecule has 2 heteroatoms. The normalized spacial score (nSPS) is 21.6. The Balaban J connectivity index is 1.85. The summed E-state index contributed by atoms with van der Waals surface area (Å²) in [6.07, 6.45) is 7.79. The molecule has 23 heavy (non-hydrogen) atoms. The van der Waals surface area contributed by atoms with Crippen molar-refractivity contribution in [3.63, 3.8) is 0 Å². The zero-order chi connectivity index (χ0) is 16.7. The Morgan fingerprint density at radius 3 is 2.35 bits per heavy atom. The van der Waals surface area contributed by atoms with Gasteiger partial charge >= 0.3 is 0 Å². The highest BCUT2D eigenvalue weighted by Crippen LogP contribution is 2.37. The molecule has 0 atom stereocenters. The van der Waals surface area contributed by atoms with Crippen molar-refractivity contribution in [3.8, 4) is 11.8 Å². The molecule has 1 fully saturated rings. The summed E-state index contributed by atoms with van der Waals surface area (Å²) >= 11 is 0. The van der Waals surface area contributed by atoms with Gasteiger partial charge in [-0.3, -0.25) is 0 Å². The van der Waals surface area contributed by atoms with Gasteiger partial charge in [-0.1, -0.05) is 24.0 Å². The number of benzene rings is 1. The van der Waals surface area contributed by atoms with E-state index in [1.165, 1.54) is 44.1 Å². The van der Waals surface area contributed by atoms with Gasteiger partial charge in [-0.05, 0) is 81.9 Å². The quantitative estimate of drug-likeness (QED) is 0.640. The fraction of sp³-hybridized carbons (Fsp3) is 0.619. The van der Waals surface area contributed by atoms with Gasteiger partial charge in [-0.2, -0.15) is 0 Å². The van der Waals surface area contributed by atoms with Crippen LogP contribution < -0.4 is 0 Å². The zero-order valence-corrected chi connectivity index (χ0v) is 14.8. The Morgan fingerprint density at radius 1 is 1.13 bits per heavy atom. The Labute approximate surface area is 141 Å². The molecule has 0 unspecified atom stereocenters. The van der Waals surface area contributed by atoms with E-state index in [0.717, 1.165) is 18.1 Å². The first kappa shape index (κ1) is 18.0. The lowest BCUT2D eigenvalue weighted by molar-refractivity contribution is 0.143. The van der Waals surface area contributed by atoms with Gasteiger partial charge in [0.25, 0.3) is 0 Å². The van der Waals surface area contributed by atoms with Gasteiger partial charge in [0.15, 0.2) is 0 Å². The third-order valence-corrected chi connectivity index (χ3v) is 4.70. The van der Waals surface area contributed by atoms with Crippen molar-refractivity contribution in [2.24, 2.45) is 5.92 Å². The summed E-state index contributed by atoms with van der Waals surface area (Å²) in [6.45, 7) is 4.31. The summed E-state index contributed by atoms with van der Waals surface area (Å²) in [5, 5.41) is 9.66. The van der Waals surface area contributed by atoms with Gasteiger partial charge in [-0.25, -0.2) is 0 Å². The number of ether oxygens (including phenoxy) is 1. The van der Waals surface area contributed by atoms with Crippen molar-refractivity contribution >= 4 is 0 Å². The smallest absolute Gasteiger partial charge is 0.120 e. The average Bonchev–Trinajstić information content (AvgIpc) is 2.54. The number of aliphatic hydroxyl groups is 1. The highest BCUT2D eigenvalue weighted by atomic mass is 16.5. The van der Waals surface area contributed by atoms with E-state index in [0.29, 0.717) is 5.92 Å². The molecule has 1 saturated carbocycles. The molecule has 0 radical (unpaired) electrons. The van der Waals surface area contributed by atoms with E-state index in [2.05, 4.69) is 36.1 Å². The lowest BCUT2D eigenvalue weighted by Gasteiger charge is -2.28. The number of rotatable bonds is 5. The monoisotopic (exact) mass is 314 g/mol. The first-order valence-electron chi connectivity index (χ1n) is 8.82. The second-order valence-corrected chi connectivity index (χ2v) is 7.28. The van der Waals surface area contributed by atoms with Gasteiger partial charge < -0.3 is 9.84 Å². The molecule has 1 N–H and O–H groups in total. The molecule has 1 aliphatic rings. The molecule has 0 heterocycles. The number of hydrogen-bond donors (Lipinski definition) is 1. The molecule has 0 saturated heterocycles. The van der Waals surface area contributed by atoms with Crippen LogP contribution in [0.3, 0.4) is 0 Å². The van der Waals surface area contributed by atoms with Crippen LogP contribution in [0.1, 0.15) is 69.4 Å². The predicted octanol–water partition coefficient (Wildman–Crippen LogP) is 4.51. The lowest BCUT2D eigenvalue weighted by atomic mass is 9.77. The van der Waals surface area contributed by atoms with Crippen LogP contribution in [-0.2, 0) is 4.74 Å². The molecular weight excluding hydrogens is 284 g/mol. The zero-order valence-electron chi connectivity index (χ0n) is 14.8. The molecule has 2 rings (SSSR count). The minimum atomic E-state index is -0.931. The van der Waals surface area contributed by atoms with E-state index >= 15 is 0 Å². The van der Waals surface area contributed by atoms with E-state index < -0.39 is 5.60 Å². The summed E-state index contributed by atoms with van der Waals surface area (Å²) < 4.78 is 5.15. The van der Waals surface area contributed by atoms with Crippen molar-refractivity contribution in [1.29, 1.82) is 0 Å². The van der Waals surface area contributed by atoms with Gasteiger partial charge in [0.05, 0.1) is 0 Å². The second kappa shape index (κ2) is 8.52. The van der Waals surface area contributed by atoms with E-state index in [-0.39, 0.29) is 0 Å². The molecule has 126 valence electrons. The summed E-state index contributed by atoms with van der Waals surface area (Å²) in [5.74, 6) is 7.49. The summed E-state index contributed by atoms with van der Waals surface area (Å²) in [7, 11) is 1.78. The topological polar surface area (TPSA) is 29.5 Å². The first-order valence-corrected chi connectivity index (χ1v) is 8.82. The Bertz CT molecular complexity index is 520. The molecule has 1 aliphatic carbocycles. The van der Waals surface area contributed by atoms with Crippen molar-refractivity contribution < 1.29 is 9.84 Å². The van der Waals surface area contributed by atoms with Crippen molar-refractivity contribution in [2.75, 3.05) is 13.7 Å². The van der Waals surface area contributed by atoms with E-state index in [1.54, 1.807) is 21.0 Å². The van der Waals surface area contributed by atoms with Gasteiger partial charge in [0.2, 0.25) is 0 Å². The molecule has 0 bridgehead atoms. The van der Waals surface area contributed by atoms with E-state index in [1.807, 2.05) is 0 Å². The van der Waals surface area contributed by atoms with Gasteiger partial charge in [-0.15, -0.1) is 0 Å². The minimum Gasteiger partial charge on any atom is -0.385 e. The van der Waals surface area contributed by atoms with Crippen molar-refractivity contribution in [2.45, 2.75) is 63.9 Å². The molecule has 0 amide bonds. The Hall–Kier alpha value is -1.30. The molecule has 0 spiro atoms. The predicted molar refractivity (Wildman–Crippen MR) is 95.4 cm³/mol. The lowest BCUT2D eigenvalue weighted by Crippen LogP contribution is -2.14. The maximum Gasteiger partial charge on any atom is 0.120 e. The summed E-state index contributed by atoms with van der Waals surface area (Å²) in [6, 6.07) is 8.59. The largest absolute Gasteiger partial charge is 0.385 e. The average molecular weight is 314 g/mol. The van der Waals surface area contributed by atoms with Crippen molar-refractivity contribution in [3.05, 3.63) is 35.4 Å². The summed E-state index contributed by atoms with van der Waals surface area (Å²) in [5.41, 5.74) is 1.48. The molecule has 2 nitrogen and oxygen atoms in total. The van der Waals surface area contributed by atoms with Gasteiger partial charge in [0, 0.05) is 19.3 Å². The van der Waals surface area contributed by atoms with Crippen LogP contribution in [0.5, 0.6) is 0 Å². The van der Waals surface area contributed by atoms with Crippen LogP contribution in [0.15, 0.2) is 24.3 Å². The summed E-state index contributed by atoms with van der Waals surface area (Å²) in [4.78, 5) is 0. The van der Waals surface area contributed by atoms with Crippen LogP contribution in [-0.4, -0.2) is 24.4 Å². The van der Waals surface area contributed by atoms with Crippen LogP contribution in [0.4, 0.5) is 0 Å². The number of hydrogen-bond acceptors (Lipinski definition) is 2. The fourth-order valence-corrected chi connectivity index (χ4v) is 3.36. The molecule has 0 aliphatic heterocycles. The second-order valence-electron chi connectivity index (χ2n) is 7.28. The third kappa shape index (κ3) is 6.37. The SMILES string of the molecule is COCCCC1CCC(c2ccc(C#CC(C)(C)O)cc2)CC1. The van der Waals surface area contributed by atoms with Crippen LogP contribution in [0, 0.1) is 17.8 Å². The highest BCUT2D eigenvalue weighted by Gasteiger charge is 2.21. The van der Waals surface area contributed by atoms with Gasteiger partial charge in [0.1, 0.15) is 5.60 Å². The molecular formula is C21H30O2. The molecule has 1 aromatic carbocycles. The van der Waals surface area contributed by atoms with Crippen molar-refractivity contribution in [1.82, 2.24) is 0 Å². The third-order valence-electron chi connectivity index (χ3n) is 4.70. The minimum absolute atomic E-state index is 0.699. The maximum absolute atomic E-state index is 9.66. The maximum atomic E-state index is 9.66. The molecule has 0 aromatic heterocycles. The standard InChI is InChI=1S/C21H30O2/c1-21(2,22)15-14-18-8-12-20(13-9-18)19-10-6-17(7-11-19)5-4-16-23-3/h8-9,12-13,17,19,22H,4-7,10-11,16H2,1-3H3. The van der Waals surface area contributed by atoms with E-state index in [9.17, 15) is 5.11 Å². The fourth-order valence-electron chi connectivity index (χ4n) is 3.36. The highest BCUT2D eigenvalue weighted by molar-refractivity contribution is 5.38. The Kier molecular flexibility index (Phi) is 6.69. The number of methoxy groups -OCH3 is 1. The first-order chi connectivity index (χ1) is 11.0. The van der Waals surface area contributed by atoms with Crippen LogP contribution >= 0.6 is 0 Å². The van der Waals surface area contributed by atoms with E-state index in [4.69, 9.17) is 4.74 Å². The molecule has 1 aromatic rings. The van der Waals surface area contributed by atoms with Crippen LogP contribution in [0.2, 0.25) is 0 Å². The Morgan fingerprint density at radius 2 is 1.78 bits per heavy atom. The van der Waals surface area contributed by atoms with Crippen LogP contribution in [0.25, 0.3) is 0 Å².